The number of aromatic nitrogens is 1. The first-order valence-corrected chi connectivity index (χ1v) is 8.38. The Morgan fingerprint density at radius 3 is 2.39 bits per heavy atom. The fourth-order valence-corrected chi connectivity index (χ4v) is 5.65. The minimum absolute atomic E-state index is 0.429. The van der Waals surface area contributed by atoms with Crippen LogP contribution in [0.5, 0.6) is 0 Å². The lowest BCUT2D eigenvalue weighted by Gasteiger charge is -2.55. The van der Waals surface area contributed by atoms with Gasteiger partial charge < -0.3 is 5.32 Å². The molecule has 4 bridgehead atoms. The monoisotopic (exact) mass is 262 g/mol. The third kappa shape index (κ3) is 1.83. The Morgan fingerprint density at radius 2 is 1.83 bits per heavy atom. The molecule has 4 saturated carbocycles. The molecule has 0 amide bonds. The Kier molecular flexibility index (Phi) is 2.73. The van der Waals surface area contributed by atoms with Crippen molar-refractivity contribution in [1.82, 2.24) is 10.3 Å². The summed E-state index contributed by atoms with van der Waals surface area (Å²) < 4.78 is 0. The summed E-state index contributed by atoms with van der Waals surface area (Å²) in [7, 11) is 0. The summed E-state index contributed by atoms with van der Waals surface area (Å²) in [5.74, 6) is 4.06. The quantitative estimate of drug-likeness (QED) is 0.900. The van der Waals surface area contributed by atoms with E-state index in [1.54, 1.807) is 17.8 Å². The Labute approximate surface area is 113 Å². The first-order chi connectivity index (χ1) is 8.79. The van der Waals surface area contributed by atoms with Crippen molar-refractivity contribution in [1.29, 1.82) is 0 Å². The molecule has 98 valence electrons. The zero-order valence-corrected chi connectivity index (χ0v) is 11.8. The Hall–Kier alpha value is -0.410. The van der Waals surface area contributed by atoms with Crippen LogP contribution in [0.1, 0.15) is 50.8 Å². The molecule has 0 spiro atoms. The molecule has 4 aliphatic carbocycles. The molecule has 3 heteroatoms. The van der Waals surface area contributed by atoms with Gasteiger partial charge in [0.05, 0.1) is 11.2 Å². The SMILES string of the molecule is CC(NC1C2CC3CC(C2)CC1C3)c1cscn1. The van der Waals surface area contributed by atoms with Gasteiger partial charge in [-0.15, -0.1) is 11.3 Å². The first-order valence-electron chi connectivity index (χ1n) is 7.43. The lowest BCUT2D eigenvalue weighted by molar-refractivity contribution is -0.0172. The minimum atomic E-state index is 0.429. The van der Waals surface area contributed by atoms with Crippen molar-refractivity contribution in [3.05, 3.63) is 16.6 Å². The van der Waals surface area contributed by atoms with Crippen LogP contribution >= 0.6 is 11.3 Å². The molecule has 4 aliphatic rings. The highest BCUT2D eigenvalue weighted by Crippen LogP contribution is 2.54. The molecule has 1 aromatic rings. The molecule has 1 aromatic heterocycles. The number of hydrogen-bond donors (Lipinski definition) is 1. The van der Waals surface area contributed by atoms with Crippen LogP contribution in [0, 0.1) is 23.7 Å². The standard InChI is InChI=1S/C15H22N2S/c1-9(14-7-18-8-16-14)17-15-12-3-10-2-11(5-12)6-13(15)4-10/h7-13,15,17H,2-6H2,1H3. The van der Waals surface area contributed by atoms with E-state index in [0.717, 1.165) is 29.7 Å². The third-order valence-corrected chi connectivity index (χ3v) is 6.17. The molecular formula is C15H22N2S. The van der Waals surface area contributed by atoms with Crippen LogP contribution in [-0.4, -0.2) is 11.0 Å². The largest absolute Gasteiger partial charge is 0.305 e. The number of rotatable bonds is 3. The maximum atomic E-state index is 4.46. The summed E-state index contributed by atoms with van der Waals surface area (Å²) in [4.78, 5) is 4.46. The van der Waals surface area contributed by atoms with Gasteiger partial charge in [-0.25, -0.2) is 4.98 Å². The van der Waals surface area contributed by atoms with Gasteiger partial charge in [-0.3, -0.25) is 0 Å². The molecule has 4 fully saturated rings. The zero-order chi connectivity index (χ0) is 12.1. The molecule has 2 nitrogen and oxygen atoms in total. The Morgan fingerprint density at radius 1 is 1.17 bits per heavy atom. The maximum absolute atomic E-state index is 4.46. The topological polar surface area (TPSA) is 24.9 Å². The first kappa shape index (κ1) is 11.4. The predicted molar refractivity (Wildman–Crippen MR) is 74.5 cm³/mol. The molecule has 5 rings (SSSR count). The van der Waals surface area contributed by atoms with Crippen LogP contribution < -0.4 is 5.32 Å². The number of nitrogens with zero attached hydrogens (tertiary/aromatic N) is 1. The second-order valence-electron chi connectivity index (χ2n) is 6.76. The van der Waals surface area contributed by atoms with Gasteiger partial charge >= 0.3 is 0 Å². The van der Waals surface area contributed by atoms with Crippen molar-refractivity contribution in [2.45, 2.75) is 51.1 Å². The Bertz CT molecular complexity index is 386. The maximum Gasteiger partial charge on any atom is 0.0795 e. The molecule has 1 atom stereocenters. The summed E-state index contributed by atoms with van der Waals surface area (Å²) in [6.07, 6.45) is 7.52. The van der Waals surface area contributed by atoms with Gasteiger partial charge in [-0.1, -0.05) is 0 Å². The highest BCUT2D eigenvalue weighted by molar-refractivity contribution is 7.07. The van der Waals surface area contributed by atoms with Crippen molar-refractivity contribution >= 4 is 11.3 Å². The van der Waals surface area contributed by atoms with Crippen molar-refractivity contribution in [2.24, 2.45) is 23.7 Å². The van der Waals surface area contributed by atoms with Crippen LogP contribution in [0.3, 0.4) is 0 Å². The molecular weight excluding hydrogens is 240 g/mol. The molecule has 1 N–H and O–H groups in total. The average molecular weight is 262 g/mol. The van der Waals surface area contributed by atoms with Crippen LogP contribution in [-0.2, 0) is 0 Å². The number of thiazole rings is 1. The van der Waals surface area contributed by atoms with E-state index < -0.39 is 0 Å². The lowest BCUT2D eigenvalue weighted by atomic mass is 9.54. The van der Waals surface area contributed by atoms with E-state index in [-0.39, 0.29) is 0 Å². The Balaban J connectivity index is 1.49. The number of nitrogens with one attached hydrogen (secondary N) is 1. The van der Waals surface area contributed by atoms with E-state index in [4.69, 9.17) is 0 Å². The number of hydrogen-bond acceptors (Lipinski definition) is 3. The molecule has 1 heterocycles. The fraction of sp³-hybridized carbons (Fsp3) is 0.800. The zero-order valence-electron chi connectivity index (χ0n) is 11.0. The van der Waals surface area contributed by atoms with Gasteiger partial charge in [0.25, 0.3) is 0 Å². The summed E-state index contributed by atoms with van der Waals surface area (Å²) >= 11 is 1.71. The lowest BCUT2D eigenvalue weighted by Crippen LogP contribution is -2.54. The van der Waals surface area contributed by atoms with Gasteiger partial charge in [-0.05, 0) is 62.7 Å². The van der Waals surface area contributed by atoms with Crippen LogP contribution in [0.15, 0.2) is 10.9 Å². The van der Waals surface area contributed by atoms with E-state index in [9.17, 15) is 0 Å². The minimum Gasteiger partial charge on any atom is -0.305 e. The summed E-state index contributed by atoms with van der Waals surface area (Å²) in [6.45, 7) is 2.28. The highest BCUT2D eigenvalue weighted by Gasteiger charge is 2.48. The van der Waals surface area contributed by atoms with Gasteiger partial charge in [0, 0.05) is 17.5 Å². The average Bonchev–Trinajstić information content (AvgIpc) is 2.86. The van der Waals surface area contributed by atoms with Crippen molar-refractivity contribution < 1.29 is 0 Å². The summed E-state index contributed by atoms with van der Waals surface area (Å²) in [6, 6.07) is 1.20. The second kappa shape index (κ2) is 4.31. The molecule has 0 aromatic carbocycles. The summed E-state index contributed by atoms with van der Waals surface area (Å²) in [5.41, 5.74) is 3.18. The molecule has 0 aliphatic heterocycles. The smallest absolute Gasteiger partial charge is 0.0795 e. The fourth-order valence-electron chi connectivity index (χ4n) is 5.01. The van der Waals surface area contributed by atoms with Gasteiger partial charge in [-0.2, -0.15) is 0 Å². The molecule has 0 radical (unpaired) electrons. The van der Waals surface area contributed by atoms with E-state index in [0.29, 0.717) is 6.04 Å². The highest BCUT2D eigenvalue weighted by atomic mass is 32.1. The molecule has 18 heavy (non-hydrogen) atoms. The third-order valence-electron chi connectivity index (χ3n) is 5.56. The van der Waals surface area contributed by atoms with Crippen molar-refractivity contribution in [3.8, 4) is 0 Å². The van der Waals surface area contributed by atoms with Crippen molar-refractivity contribution in [2.75, 3.05) is 0 Å². The summed E-state index contributed by atoms with van der Waals surface area (Å²) in [5, 5.41) is 6.10. The molecule has 0 saturated heterocycles. The van der Waals surface area contributed by atoms with E-state index in [1.807, 2.05) is 5.51 Å². The van der Waals surface area contributed by atoms with E-state index >= 15 is 0 Å². The van der Waals surface area contributed by atoms with E-state index in [2.05, 4.69) is 22.6 Å². The van der Waals surface area contributed by atoms with Gasteiger partial charge in [0.1, 0.15) is 0 Å². The normalized spacial score (nSPS) is 43.3. The van der Waals surface area contributed by atoms with Crippen LogP contribution in [0.2, 0.25) is 0 Å². The van der Waals surface area contributed by atoms with Gasteiger partial charge in [0.15, 0.2) is 0 Å². The van der Waals surface area contributed by atoms with Crippen molar-refractivity contribution in [3.63, 3.8) is 0 Å². The van der Waals surface area contributed by atoms with Gasteiger partial charge in [0.2, 0.25) is 0 Å². The predicted octanol–water partition coefficient (Wildman–Crippen LogP) is 3.62. The van der Waals surface area contributed by atoms with Crippen LogP contribution in [0.25, 0.3) is 0 Å². The second-order valence-corrected chi connectivity index (χ2v) is 7.48. The van der Waals surface area contributed by atoms with E-state index in [1.165, 1.54) is 31.4 Å². The molecule has 1 unspecified atom stereocenters. The van der Waals surface area contributed by atoms with Crippen LogP contribution in [0.4, 0.5) is 0 Å².